The summed E-state index contributed by atoms with van der Waals surface area (Å²) >= 11 is 0. The minimum absolute atomic E-state index is 0.0949. The number of nitrogens with one attached hydrogen (secondary N) is 1. The molecule has 9 heteroatoms. The zero-order chi connectivity index (χ0) is 22.1. The fourth-order valence-corrected chi connectivity index (χ4v) is 3.17. The van der Waals surface area contributed by atoms with E-state index in [2.05, 4.69) is 20.4 Å². The third-order valence-electron chi connectivity index (χ3n) is 4.83. The van der Waals surface area contributed by atoms with E-state index >= 15 is 0 Å². The Kier molecular flexibility index (Phi) is 5.33. The van der Waals surface area contributed by atoms with Crippen LogP contribution >= 0.6 is 0 Å². The van der Waals surface area contributed by atoms with Gasteiger partial charge in [-0.05, 0) is 36.8 Å². The monoisotopic (exact) mass is 421 g/mol. The highest BCUT2D eigenvalue weighted by Crippen LogP contribution is 2.30. The second kappa shape index (κ2) is 8.10. The van der Waals surface area contributed by atoms with Gasteiger partial charge >= 0.3 is 0 Å². The molecule has 0 atom stereocenters. The van der Waals surface area contributed by atoms with Gasteiger partial charge in [0.1, 0.15) is 12.4 Å². The molecule has 2 aromatic heterocycles. The summed E-state index contributed by atoms with van der Waals surface area (Å²) in [7, 11) is 0. The molecule has 2 heterocycles. The highest BCUT2D eigenvalue weighted by molar-refractivity contribution is 5.95. The largest absolute Gasteiger partial charge is 0.334 e. The molecule has 0 saturated heterocycles. The van der Waals surface area contributed by atoms with Gasteiger partial charge in [0, 0.05) is 5.92 Å². The summed E-state index contributed by atoms with van der Waals surface area (Å²) in [6.45, 7) is 5.46. The summed E-state index contributed by atoms with van der Waals surface area (Å²) < 4.78 is 20.0. The molecule has 4 aromatic rings. The molecule has 2 aromatic carbocycles. The molecule has 31 heavy (non-hydrogen) atoms. The lowest BCUT2D eigenvalue weighted by atomic mass is 10.1. The van der Waals surface area contributed by atoms with Crippen molar-refractivity contribution in [2.24, 2.45) is 0 Å². The summed E-state index contributed by atoms with van der Waals surface area (Å²) in [6.07, 6.45) is 1.27. The van der Waals surface area contributed by atoms with Crippen molar-refractivity contribution >= 4 is 22.5 Å². The number of amides is 1. The Balaban J connectivity index is 1.63. The van der Waals surface area contributed by atoms with E-state index in [0.29, 0.717) is 28.5 Å². The molecule has 0 aliphatic carbocycles. The third-order valence-corrected chi connectivity index (χ3v) is 4.83. The van der Waals surface area contributed by atoms with E-state index in [4.69, 9.17) is 4.52 Å². The molecule has 0 bridgehead atoms. The maximum absolute atomic E-state index is 13.5. The fourth-order valence-electron chi connectivity index (χ4n) is 3.17. The molecule has 0 radical (unpaired) electrons. The first kappa shape index (κ1) is 20.4. The molecule has 1 N–H and O–H groups in total. The van der Waals surface area contributed by atoms with Gasteiger partial charge in [0.15, 0.2) is 5.82 Å². The molecule has 0 aliphatic rings. The van der Waals surface area contributed by atoms with Crippen molar-refractivity contribution in [3.05, 3.63) is 70.3 Å². The Morgan fingerprint density at radius 1 is 1.26 bits per heavy atom. The summed E-state index contributed by atoms with van der Waals surface area (Å²) in [5.74, 6) is -0.0349. The topological polar surface area (TPSA) is 103 Å². The van der Waals surface area contributed by atoms with Gasteiger partial charge in [0.25, 0.3) is 11.4 Å². The van der Waals surface area contributed by atoms with E-state index in [9.17, 15) is 14.0 Å². The van der Waals surface area contributed by atoms with E-state index in [1.54, 1.807) is 6.07 Å². The van der Waals surface area contributed by atoms with Crippen molar-refractivity contribution in [2.45, 2.75) is 33.2 Å². The number of aryl methyl sites for hydroxylation is 1. The number of aromatic nitrogens is 4. The van der Waals surface area contributed by atoms with Crippen LogP contribution in [0.2, 0.25) is 0 Å². The molecule has 158 valence electrons. The minimum atomic E-state index is -0.543. The number of hydrogen-bond acceptors (Lipinski definition) is 6. The highest BCUT2D eigenvalue weighted by atomic mass is 19.1. The van der Waals surface area contributed by atoms with Crippen molar-refractivity contribution in [2.75, 3.05) is 5.32 Å². The summed E-state index contributed by atoms with van der Waals surface area (Å²) in [6, 6.07) is 9.20. The van der Waals surface area contributed by atoms with E-state index < -0.39 is 17.3 Å². The molecule has 0 spiro atoms. The van der Waals surface area contributed by atoms with Crippen LogP contribution in [0.1, 0.15) is 31.2 Å². The maximum Gasteiger partial charge on any atom is 0.261 e. The fraction of sp³-hybridized carbons (Fsp3) is 0.227. The van der Waals surface area contributed by atoms with E-state index in [-0.39, 0.29) is 17.8 Å². The van der Waals surface area contributed by atoms with Crippen LogP contribution in [0.3, 0.4) is 0 Å². The molecule has 1 amide bonds. The third kappa shape index (κ3) is 4.07. The zero-order valence-electron chi connectivity index (χ0n) is 17.2. The molecule has 0 saturated carbocycles. The highest BCUT2D eigenvalue weighted by Gasteiger charge is 2.18. The maximum atomic E-state index is 13.5. The molecule has 0 fully saturated rings. The standard InChI is InChI=1S/C22H20FN5O3/c1-12(2)20-26-21(31-27-20)15-6-4-5-13(3)19(15)25-18(29)10-28-11-24-17-8-7-14(23)9-16(17)22(28)30/h4-9,11-12H,10H2,1-3H3,(H,25,29). The SMILES string of the molecule is Cc1cccc(-c2nc(C(C)C)no2)c1NC(=O)Cn1cnc2ccc(F)cc2c1=O. The van der Waals surface area contributed by atoms with Gasteiger partial charge in [-0.3, -0.25) is 14.2 Å². The Hall–Kier alpha value is -3.88. The number of para-hydroxylation sites is 1. The van der Waals surface area contributed by atoms with Crippen LogP contribution in [0.15, 0.2) is 52.0 Å². The van der Waals surface area contributed by atoms with Gasteiger partial charge < -0.3 is 9.84 Å². The van der Waals surface area contributed by atoms with E-state index in [0.717, 1.165) is 16.2 Å². The lowest BCUT2D eigenvalue weighted by molar-refractivity contribution is -0.116. The first-order valence-corrected chi connectivity index (χ1v) is 9.71. The van der Waals surface area contributed by atoms with Crippen molar-refractivity contribution < 1.29 is 13.7 Å². The van der Waals surface area contributed by atoms with Crippen LogP contribution in [0.25, 0.3) is 22.4 Å². The summed E-state index contributed by atoms with van der Waals surface area (Å²) in [5, 5.41) is 6.91. The van der Waals surface area contributed by atoms with Crippen LogP contribution in [0.5, 0.6) is 0 Å². The molecule has 8 nitrogen and oxygen atoms in total. The number of nitrogens with zero attached hydrogens (tertiary/aromatic N) is 4. The van der Waals surface area contributed by atoms with E-state index in [1.165, 1.54) is 18.5 Å². The van der Waals surface area contributed by atoms with Crippen LogP contribution in [0.4, 0.5) is 10.1 Å². The summed E-state index contributed by atoms with van der Waals surface area (Å²) in [4.78, 5) is 33.9. The Morgan fingerprint density at radius 2 is 2.06 bits per heavy atom. The van der Waals surface area contributed by atoms with Crippen molar-refractivity contribution in [1.82, 2.24) is 19.7 Å². The molecule has 4 rings (SSSR count). The zero-order valence-corrected chi connectivity index (χ0v) is 17.2. The molecule has 0 unspecified atom stereocenters. The van der Waals surface area contributed by atoms with E-state index in [1.807, 2.05) is 32.9 Å². The lowest BCUT2D eigenvalue weighted by Gasteiger charge is -2.12. The minimum Gasteiger partial charge on any atom is -0.334 e. The Morgan fingerprint density at radius 3 is 2.81 bits per heavy atom. The molecule has 0 aliphatic heterocycles. The van der Waals surface area contributed by atoms with Gasteiger partial charge in [-0.25, -0.2) is 9.37 Å². The van der Waals surface area contributed by atoms with Gasteiger partial charge in [0.05, 0.1) is 28.5 Å². The Bertz CT molecular complexity index is 1340. The second-order valence-electron chi connectivity index (χ2n) is 7.50. The van der Waals surface area contributed by atoms with Crippen LogP contribution < -0.4 is 10.9 Å². The lowest BCUT2D eigenvalue weighted by Crippen LogP contribution is -2.28. The number of benzene rings is 2. The smallest absolute Gasteiger partial charge is 0.261 e. The summed E-state index contributed by atoms with van der Waals surface area (Å²) in [5.41, 5.74) is 1.75. The number of carbonyl (C=O) groups excluding carboxylic acids is 1. The van der Waals surface area contributed by atoms with Crippen LogP contribution in [-0.4, -0.2) is 25.6 Å². The second-order valence-corrected chi connectivity index (χ2v) is 7.50. The number of hydrogen-bond donors (Lipinski definition) is 1. The predicted molar refractivity (Wildman–Crippen MR) is 113 cm³/mol. The average Bonchev–Trinajstić information content (AvgIpc) is 3.22. The first-order valence-electron chi connectivity index (χ1n) is 9.71. The average molecular weight is 421 g/mol. The number of anilines is 1. The van der Waals surface area contributed by atoms with Gasteiger partial charge in [-0.15, -0.1) is 0 Å². The van der Waals surface area contributed by atoms with Crippen LogP contribution in [-0.2, 0) is 11.3 Å². The predicted octanol–water partition coefficient (Wildman–Crippen LogP) is 3.66. The van der Waals surface area contributed by atoms with Crippen LogP contribution in [0, 0.1) is 12.7 Å². The number of fused-ring (bicyclic) bond motifs is 1. The quantitative estimate of drug-likeness (QED) is 0.528. The van der Waals surface area contributed by atoms with Gasteiger partial charge in [-0.1, -0.05) is 31.1 Å². The molecular weight excluding hydrogens is 401 g/mol. The van der Waals surface area contributed by atoms with Gasteiger partial charge in [-0.2, -0.15) is 4.98 Å². The number of rotatable bonds is 5. The number of carbonyl (C=O) groups is 1. The Labute approximate surface area is 176 Å². The first-order chi connectivity index (χ1) is 14.8. The van der Waals surface area contributed by atoms with Crippen molar-refractivity contribution in [3.8, 4) is 11.5 Å². The number of halogens is 1. The van der Waals surface area contributed by atoms with Crippen molar-refractivity contribution in [1.29, 1.82) is 0 Å². The molecular formula is C22H20FN5O3. The van der Waals surface area contributed by atoms with Crippen molar-refractivity contribution in [3.63, 3.8) is 0 Å². The normalized spacial score (nSPS) is 11.3. The van der Waals surface area contributed by atoms with Gasteiger partial charge in [0.2, 0.25) is 5.91 Å².